The molecule has 0 radical (unpaired) electrons. The molecule has 4 N–H and O–H groups in total. The molecule has 1 saturated heterocycles. The number of piperidine rings is 1. The molecule has 0 aromatic heterocycles. The average molecular weight is 271 g/mol. The number of hydrogen-bond donors (Lipinski definition) is 3. The van der Waals surface area contributed by atoms with E-state index in [-0.39, 0.29) is 11.7 Å². The van der Waals surface area contributed by atoms with Crippen LogP contribution in [0, 0.1) is 5.41 Å². The third kappa shape index (κ3) is 3.00. The van der Waals surface area contributed by atoms with Gasteiger partial charge in [0.2, 0.25) is 5.91 Å². The molecule has 0 aromatic carbocycles. The van der Waals surface area contributed by atoms with Gasteiger partial charge in [0.1, 0.15) is 5.41 Å². The highest BCUT2D eigenvalue weighted by Gasteiger charge is 2.44. The lowest BCUT2D eigenvalue weighted by atomic mass is 9.78. The summed E-state index contributed by atoms with van der Waals surface area (Å²) in [4.78, 5) is 14.3. The van der Waals surface area contributed by atoms with E-state index in [1.807, 2.05) is 13.8 Å². The van der Waals surface area contributed by atoms with E-state index in [0.717, 1.165) is 6.42 Å². The fraction of sp³-hybridized carbons (Fsp3) is 0.846. The van der Waals surface area contributed by atoms with Crippen LogP contribution in [0.1, 0.15) is 46.5 Å². The maximum Gasteiger partial charge on any atom is 0.236 e. The van der Waals surface area contributed by atoms with Crippen molar-refractivity contribution < 1.29 is 15.1 Å². The van der Waals surface area contributed by atoms with Crippen molar-refractivity contribution in [2.24, 2.45) is 16.3 Å². The van der Waals surface area contributed by atoms with E-state index >= 15 is 0 Å². The van der Waals surface area contributed by atoms with Gasteiger partial charge in [-0.25, -0.2) is 0 Å². The van der Waals surface area contributed by atoms with Crippen LogP contribution in [0.4, 0.5) is 0 Å². The normalized spacial score (nSPS) is 25.5. The van der Waals surface area contributed by atoms with Crippen LogP contribution < -0.4 is 5.73 Å². The first-order valence-electron chi connectivity index (χ1n) is 6.82. The highest BCUT2D eigenvalue weighted by atomic mass is 16.4. The van der Waals surface area contributed by atoms with Crippen molar-refractivity contribution >= 4 is 11.7 Å². The lowest BCUT2D eigenvalue weighted by Crippen LogP contribution is -2.56. The number of oxime groups is 1. The summed E-state index contributed by atoms with van der Waals surface area (Å²) in [6, 6.07) is 0. The molecule has 1 atom stereocenters. The number of hydrogen-bond acceptors (Lipinski definition) is 4. The Morgan fingerprint density at radius 1 is 1.47 bits per heavy atom. The minimum Gasteiger partial charge on any atom is -0.409 e. The van der Waals surface area contributed by atoms with Crippen molar-refractivity contribution in [3.05, 3.63) is 0 Å². The molecule has 19 heavy (non-hydrogen) atoms. The molecule has 110 valence electrons. The molecule has 1 aliphatic heterocycles. The molecule has 1 fully saturated rings. The number of amides is 1. The van der Waals surface area contributed by atoms with E-state index in [2.05, 4.69) is 5.16 Å². The minimum absolute atomic E-state index is 0.0484. The summed E-state index contributed by atoms with van der Waals surface area (Å²) in [7, 11) is 0. The Balaban J connectivity index is 3.01. The number of rotatable bonds is 4. The molecule has 1 heterocycles. The molecular weight excluding hydrogens is 246 g/mol. The van der Waals surface area contributed by atoms with Crippen molar-refractivity contribution in [3.63, 3.8) is 0 Å². The maximum absolute atomic E-state index is 12.7. The lowest BCUT2D eigenvalue weighted by molar-refractivity contribution is -0.145. The quantitative estimate of drug-likeness (QED) is 0.306. The SMILES string of the molecule is CCC(CC)(C(=O)N1CCCC(C)(O)C1)C(N)=NO. The second-order valence-electron chi connectivity index (χ2n) is 5.60. The molecule has 0 saturated carbocycles. The topological polar surface area (TPSA) is 99.2 Å². The number of aliphatic hydroxyl groups is 1. The maximum atomic E-state index is 12.7. The van der Waals surface area contributed by atoms with Crippen LogP contribution in [0.15, 0.2) is 5.16 Å². The van der Waals surface area contributed by atoms with E-state index in [9.17, 15) is 9.90 Å². The van der Waals surface area contributed by atoms with Gasteiger partial charge in [-0.2, -0.15) is 0 Å². The number of amidine groups is 1. The molecule has 0 aliphatic carbocycles. The van der Waals surface area contributed by atoms with E-state index in [1.165, 1.54) is 0 Å². The van der Waals surface area contributed by atoms with Gasteiger partial charge in [0, 0.05) is 13.1 Å². The first-order valence-corrected chi connectivity index (χ1v) is 6.82. The molecule has 1 amide bonds. The molecule has 6 heteroatoms. The Hall–Kier alpha value is -1.30. The predicted molar refractivity (Wildman–Crippen MR) is 72.9 cm³/mol. The smallest absolute Gasteiger partial charge is 0.236 e. The van der Waals surface area contributed by atoms with Gasteiger partial charge < -0.3 is 20.9 Å². The summed E-state index contributed by atoms with van der Waals surface area (Å²) in [5.74, 6) is -0.208. The van der Waals surface area contributed by atoms with Crippen LogP contribution in [0.2, 0.25) is 0 Å². The number of carbonyl (C=O) groups is 1. The predicted octanol–water partition coefficient (Wildman–Crippen LogP) is 0.913. The van der Waals surface area contributed by atoms with Crippen molar-refractivity contribution in [1.82, 2.24) is 4.90 Å². The molecule has 0 aromatic rings. The molecule has 6 nitrogen and oxygen atoms in total. The van der Waals surface area contributed by atoms with E-state index in [0.29, 0.717) is 32.4 Å². The first-order chi connectivity index (χ1) is 8.83. The van der Waals surface area contributed by atoms with Gasteiger partial charge in [-0.1, -0.05) is 19.0 Å². The van der Waals surface area contributed by atoms with Crippen molar-refractivity contribution in [1.29, 1.82) is 0 Å². The third-order valence-electron chi connectivity index (χ3n) is 4.18. The number of β-amino-alcohol motifs (C(OH)–C–C–N with tert-alkyl or cyclic N) is 1. The summed E-state index contributed by atoms with van der Waals surface area (Å²) in [5.41, 5.74) is 3.91. The van der Waals surface area contributed by atoms with Crippen LogP contribution in [0.25, 0.3) is 0 Å². The van der Waals surface area contributed by atoms with Gasteiger partial charge in [0.15, 0.2) is 5.84 Å². The summed E-state index contributed by atoms with van der Waals surface area (Å²) in [6.07, 6.45) is 2.39. The number of nitrogens with zero attached hydrogens (tertiary/aromatic N) is 2. The first kappa shape index (κ1) is 15.8. The zero-order valence-corrected chi connectivity index (χ0v) is 12.0. The molecule has 1 rings (SSSR count). The Morgan fingerprint density at radius 2 is 2.05 bits per heavy atom. The number of carbonyl (C=O) groups excluding carboxylic acids is 1. The van der Waals surface area contributed by atoms with Gasteiger partial charge in [-0.05, 0) is 32.6 Å². The Labute approximate surface area is 114 Å². The standard InChI is InChI=1S/C13H25N3O3/c1-4-13(5-2,10(14)15-19)11(17)16-8-6-7-12(3,18)9-16/h18-19H,4-9H2,1-3H3,(H2,14,15). The van der Waals surface area contributed by atoms with Crippen molar-refractivity contribution in [2.45, 2.75) is 52.1 Å². The lowest BCUT2D eigenvalue weighted by Gasteiger charge is -2.41. The summed E-state index contributed by atoms with van der Waals surface area (Å²) >= 11 is 0. The largest absolute Gasteiger partial charge is 0.409 e. The highest BCUT2D eigenvalue weighted by molar-refractivity contribution is 6.06. The van der Waals surface area contributed by atoms with Crippen LogP contribution in [0.3, 0.4) is 0 Å². The van der Waals surface area contributed by atoms with Crippen LogP contribution in [-0.4, -0.2) is 45.6 Å². The molecule has 1 aliphatic rings. The summed E-state index contributed by atoms with van der Waals surface area (Å²) in [6.45, 7) is 6.33. The fourth-order valence-electron chi connectivity index (χ4n) is 2.82. The number of likely N-dealkylation sites (tertiary alicyclic amines) is 1. The van der Waals surface area contributed by atoms with Gasteiger partial charge in [-0.3, -0.25) is 4.79 Å². The van der Waals surface area contributed by atoms with Crippen molar-refractivity contribution in [2.75, 3.05) is 13.1 Å². The highest BCUT2D eigenvalue weighted by Crippen LogP contribution is 2.32. The van der Waals surface area contributed by atoms with Crippen LogP contribution >= 0.6 is 0 Å². The monoisotopic (exact) mass is 271 g/mol. The Morgan fingerprint density at radius 3 is 2.47 bits per heavy atom. The summed E-state index contributed by atoms with van der Waals surface area (Å²) < 4.78 is 0. The zero-order valence-electron chi connectivity index (χ0n) is 12.0. The zero-order chi connectivity index (χ0) is 14.7. The second kappa shape index (κ2) is 5.77. The number of nitrogens with two attached hydrogens (primary N) is 1. The van der Waals surface area contributed by atoms with Gasteiger partial charge in [-0.15, -0.1) is 0 Å². The second-order valence-corrected chi connectivity index (χ2v) is 5.60. The fourth-order valence-corrected chi connectivity index (χ4v) is 2.82. The Bertz CT molecular complexity index is 362. The van der Waals surface area contributed by atoms with E-state index in [1.54, 1.807) is 11.8 Å². The summed E-state index contributed by atoms with van der Waals surface area (Å²) in [5, 5.41) is 22.1. The third-order valence-corrected chi connectivity index (χ3v) is 4.18. The Kier molecular flexibility index (Phi) is 4.79. The van der Waals surface area contributed by atoms with Crippen LogP contribution in [0.5, 0.6) is 0 Å². The molecular formula is C13H25N3O3. The van der Waals surface area contributed by atoms with Crippen molar-refractivity contribution in [3.8, 4) is 0 Å². The minimum atomic E-state index is -0.970. The van der Waals surface area contributed by atoms with Gasteiger partial charge in [0.05, 0.1) is 5.60 Å². The molecule has 0 bridgehead atoms. The van der Waals surface area contributed by atoms with E-state index in [4.69, 9.17) is 10.9 Å². The van der Waals surface area contributed by atoms with Gasteiger partial charge in [0.25, 0.3) is 0 Å². The molecule has 1 unspecified atom stereocenters. The van der Waals surface area contributed by atoms with E-state index < -0.39 is 11.0 Å². The molecule has 0 spiro atoms. The van der Waals surface area contributed by atoms with Gasteiger partial charge >= 0.3 is 0 Å². The van der Waals surface area contributed by atoms with Crippen LogP contribution in [-0.2, 0) is 4.79 Å². The average Bonchev–Trinajstić information content (AvgIpc) is 2.39.